The largest absolute Gasteiger partial charge is 0.439 e. The first kappa shape index (κ1) is 16.1. The molecular formula is C18H21FN4O2S. The molecule has 0 radical (unpaired) electrons. The number of hydrogen-bond acceptors (Lipinski definition) is 4. The molecule has 2 saturated heterocycles. The Labute approximate surface area is 155 Å². The van der Waals surface area contributed by atoms with Crippen molar-refractivity contribution < 1.29 is 13.9 Å². The van der Waals surface area contributed by atoms with Gasteiger partial charge in [-0.05, 0) is 42.5 Å². The number of halogens is 1. The van der Waals surface area contributed by atoms with Gasteiger partial charge < -0.3 is 9.64 Å². The molecule has 0 spiro atoms. The lowest BCUT2D eigenvalue weighted by Crippen LogP contribution is -2.33. The highest BCUT2D eigenvalue weighted by Gasteiger charge is 2.49. The average molecular weight is 376 g/mol. The predicted octanol–water partition coefficient (Wildman–Crippen LogP) is 3.30. The van der Waals surface area contributed by atoms with Gasteiger partial charge in [0.15, 0.2) is 12.3 Å². The molecule has 26 heavy (non-hydrogen) atoms. The molecule has 0 aliphatic carbocycles. The van der Waals surface area contributed by atoms with E-state index in [1.54, 1.807) is 11.0 Å². The number of hydrogen-bond donors (Lipinski definition) is 0. The van der Waals surface area contributed by atoms with Crippen LogP contribution in [-0.2, 0) is 11.3 Å². The molecule has 5 rings (SSSR count). The number of carbonyl (C=O) groups is 1. The van der Waals surface area contributed by atoms with Crippen molar-refractivity contribution in [2.45, 2.75) is 31.7 Å². The summed E-state index contributed by atoms with van der Waals surface area (Å²) in [5.74, 6) is 1.97. The van der Waals surface area contributed by atoms with Crippen LogP contribution < -0.4 is 9.80 Å². The highest BCUT2D eigenvalue weighted by atomic mass is 32.2. The molecule has 3 aliphatic heterocycles. The van der Waals surface area contributed by atoms with Crippen LogP contribution in [0, 0.1) is 5.82 Å². The first-order valence-electron chi connectivity index (χ1n) is 9.08. The molecule has 0 bridgehead atoms. The van der Waals surface area contributed by atoms with Crippen molar-refractivity contribution in [1.29, 1.82) is 0 Å². The minimum absolute atomic E-state index is 0.216. The van der Waals surface area contributed by atoms with Crippen molar-refractivity contribution in [3.63, 3.8) is 0 Å². The Bertz CT molecular complexity index is 827. The molecule has 6 nitrogen and oxygen atoms in total. The van der Waals surface area contributed by atoms with Gasteiger partial charge in [-0.2, -0.15) is 11.8 Å². The molecule has 0 saturated carbocycles. The number of anilines is 2. The first-order valence-corrected chi connectivity index (χ1v) is 10.2. The van der Waals surface area contributed by atoms with E-state index < -0.39 is 6.09 Å². The van der Waals surface area contributed by atoms with Crippen LogP contribution in [-0.4, -0.2) is 46.2 Å². The normalized spacial score (nSPS) is 25.7. The molecule has 2 fully saturated rings. The fraction of sp³-hybridized carbons (Fsp3) is 0.500. The van der Waals surface area contributed by atoms with Gasteiger partial charge in [0.05, 0.1) is 17.9 Å². The number of benzene rings is 1. The van der Waals surface area contributed by atoms with Gasteiger partial charge in [0.2, 0.25) is 0 Å². The second kappa shape index (κ2) is 6.26. The summed E-state index contributed by atoms with van der Waals surface area (Å²) in [5, 5.41) is 0. The van der Waals surface area contributed by atoms with E-state index in [0.29, 0.717) is 17.9 Å². The maximum Gasteiger partial charge on any atom is 0.416 e. The van der Waals surface area contributed by atoms with Crippen molar-refractivity contribution >= 4 is 29.2 Å². The maximum atomic E-state index is 14.9. The van der Waals surface area contributed by atoms with E-state index in [-0.39, 0.29) is 18.1 Å². The Morgan fingerprint density at radius 2 is 1.96 bits per heavy atom. The number of thioether (sulfide) groups is 1. The summed E-state index contributed by atoms with van der Waals surface area (Å²) in [6, 6.07) is 5.11. The minimum Gasteiger partial charge on any atom is -0.439 e. The summed E-state index contributed by atoms with van der Waals surface area (Å²) in [6.45, 7) is 2.39. The van der Waals surface area contributed by atoms with Crippen LogP contribution in [0.2, 0.25) is 0 Å². The fourth-order valence-corrected chi connectivity index (χ4v) is 4.96. The van der Waals surface area contributed by atoms with Crippen molar-refractivity contribution in [3.05, 3.63) is 36.4 Å². The van der Waals surface area contributed by atoms with Gasteiger partial charge in [0.1, 0.15) is 5.82 Å². The molecule has 3 aliphatic rings. The lowest BCUT2D eigenvalue weighted by molar-refractivity contribution is 0.130. The number of rotatable bonds is 2. The monoisotopic (exact) mass is 376 g/mol. The number of carbonyl (C=O) groups excluding carboxylic acids is 1. The molecule has 138 valence electrons. The Morgan fingerprint density at radius 1 is 1.15 bits per heavy atom. The number of aromatic nitrogens is 2. The van der Waals surface area contributed by atoms with E-state index in [4.69, 9.17) is 4.74 Å². The molecule has 1 amide bonds. The summed E-state index contributed by atoms with van der Waals surface area (Å²) in [7, 11) is 0. The number of nitrogens with zero attached hydrogens (tertiary/aromatic N) is 4. The maximum absolute atomic E-state index is 14.9. The van der Waals surface area contributed by atoms with Crippen LogP contribution in [0.15, 0.2) is 30.6 Å². The quantitative estimate of drug-likeness (QED) is 0.807. The Hall–Kier alpha value is -2.09. The third kappa shape index (κ3) is 2.50. The number of amides is 1. The van der Waals surface area contributed by atoms with Gasteiger partial charge >= 0.3 is 6.09 Å². The number of fused-ring (bicyclic) bond motifs is 3. The molecule has 1 unspecified atom stereocenters. The number of ether oxygens (including phenoxy) is 1. The van der Waals surface area contributed by atoms with E-state index in [1.807, 2.05) is 39.6 Å². The zero-order valence-electron chi connectivity index (χ0n) is 14.4. The zero-order valence-corrected chi connectivity index (χ0v) is 15.2. The second-order valence-corrected chi connectivity index (χ2v) is 8.17. The molecule has 2 aromatic rings. The lowest BCUT2D eigenvalue weighted by atomic mass is 10.2. The van der Waals surface area contributed by atoms with E-state index >= 15 is 0 Å². The van der Waals surface area contributed by atoms with Crippen LogP contribution in [0.5, 0.6) is 0 Å². The van der Waals surface area contributed by atoms with Crippen molar-refractivity contribution in [2.75, 3.05) is 34.4 Å². The van der Waals surface area contributed by atoms with Crippen molar-refractivity contribution in [3.8, 4) is 0 Å². The third-order valence-corrected chi connectivity index (χ3v) is 6.51. The summed E-state index contributed by atoms with van der Waals surface area (Å²) in [5.41, 5.74) is 1.18. The second-order valence-electron chi connectivity index (χ2n) is 6.95. The third-order valence-electron chi connectivity index (χ3n) is 5.36. The van der Waals surface area contributed by atoms with Crippen LogP contribution in [0.3, 0.4) is 0 Å². The van der Waals surface area contributed by atoms with Crippen molar-refractivity contribution in [2.24, 2.45) is 0 Å². The van der Waals surface area contributed by atoms with Crippen molar-refractivity contribution in [1.82, 2.24) is 9.36 Å². The summed E-state index contributed by atoms with van der Waals surface area (Å²) in [6.07, 6.45) is 5.15. The van der Waals surface area contributed by atoms with Crippen LogP contribution >= 0.6 is 11.8 Å². The lowest BCUT2D eigenvalue weighted by Gasteiger charge is -2.28. The Balaban J connectivity index is 1.42. The SMILES string of the molecule is O=C1O[C@H]2Cn3ccn3C2N1c1ccc(N2CCCSCCC2)c(F)c1. The standard InChI is InChI=1S/C18H21FN4O2S/c19-14-11-13(3-4-15(14)20-5-1-9-26-10-2-6-20)23-17-16(25-18(23)24)12-21-7-8-22(17)21/h3-4,7-8,11,16-17H,1-2,5-6,9-10,12H2/t16-,17?/m0/s1. The van der Waals surface area contributed by atoms with Crippen LogP contribution in [0.25, 0.3) is 0 Å². The Morgan fingerprint density at radius 3 is 2.65 bits per heavy atom. The van der Waals surface area contributed by atoms with E-state index in [9.17, 15) is 9.18 Å². The van der Waals surface area contributed by atoms with Gasteiger partial charge in [-0.15, -0.1) is 0 Å². The molecule has 4 heterocycles. The van der Waals surface area contributed by atoms with Crippen LogP contribution in [0.1, 0.15) is 19.0 Å². The van der Waals surface area contributed by atoms with E-state index in [1.165, 1.54) is 6.07 Å². The average Bonchev–Trinajstić information content (AvgIpc) is 2.99. The summed E-state index contributed by atoms with van der Waals surface area (Å²) >= 11 is 1.97. The molecule has 1 aromatic heterocycles. The molecule has 2 atom stereocenters. The smallest absolute Gasteiger partial charge is 0.416 e. The van der Waals surface area contributed by atoms with Gasteiger partial charge in [0.25, 0.3) is 0 Å². The summed E-state index contributed by atoms with van der Waals surface area (Å²) < 4.78 is 24.4. The zero-order chi connectivity index (χ0) is 17.7. The highest BCUT2D eigenvalue weighted by molar-refractivity contribution is 7.99. The fourth-order valence-electron chi connectivity index (χ4n) is 4.09. The Kier molecular flexibility index (Phi) is 3.88. The molecular weight excluding hydrogens is 355 g/mol. The van der Waals surface area contributed by atoms with Crippen LogP contribution in [0.4, 0.5) is 20.6 Å². The molecule has 8 heteroatoms. The predicted molar refractivity (Wildman–Crippen MR) is 99.4 cm³/mol. The summed E-state index contributed by atoms with van der Waals surface area (Å²) in [4.78, 5) is 16.0. The van der Waals surface area contributed by atoms with E-state index in [0.717, 1.165) is 37.4 Å². The van der Waals surface area contributed by atoms with Gasteiger partial charge in [-0.3, -0.25) is 14.3 Å². The molecule has 1 aromatic carbocycles. The molecule has 0 N–H and O–H groups in total. The minimum atomic E-state index is -0.407. The van der Waals surface area contributed by atoms with E-state index in [2.05, 4.69) is 4.90 Å². The van der Waals surface area contributed by atoms with Gasteiger partial charge in [-0.1, -0.05) is 0 Å². The highest BCUT2D eigenvalue weighted by Crippen LogP contribution is 2.39. The first-order chi connectivity index (χ1) is 12.7. The topological polar surface area (TPSA) is 42.6 Å². The van der Waals surface area contributed by atoms with Gasteiger partial charge in [0, 0.05) is 25.5 Å². The van der Waals surface area contributed by atoms with Gasteiger partial charge in [-0.25, -0.2) is 9.18 Å².